The second kappa shape index (κ2) is 5.20. The van der Waals surface area contributed by atoms with E-state index < -0.39 is 0 Å². The second-order valence-corrected chi connectivity index (χ2v) is 3.43. The van der Waals surface area contributed by atoms with Crippen LogP contribution in [0, 0.1) is 0 Å². The fourth-order valence-corrected chi connectivity index (χ4v) is 1.18. The van der Waals surface area contributed by atoms with Crippen molar-refractivity contribution in [3.05, 3.63) is 35.0 Å². The number of rotatable bonds is 4. The van der Waals surface area contributed by atoms with E-state index in [2.05, 4.69) is 16.9 Å². The molecule has 1 heterocycles. The van der Waals surface area contributed by atoms with Gasteiger partial charge < -0.3 is 10.4 Å². The molecule has 1 rings (SSSR count). The number of aromatic nitrogens is 1. The molecule has 0 bridgehead atoms. The van der Waals surface area contributed by atoms with Crippen molar-refractivity contribution in [1.82, 2.24) is 4.98 Å². The lowest BCUT2D eigenvalue weighted by Crippen LogP contribution is -2.21. The van der Waals surface area contributed by atoms with Crippen LogP contribution >= 0.6 is 23.2 Å². The van der Waals surface area contributed by atoms with Crippen molar-refractivity contribution in [2.45, 2.75) is 6.04 Å². The Kier molecular flexibility index (Phi) is 4.20. The molecule has 0 aliphatic carbocycles. The zero-order valence-electron chi connectivity index (χ0n) is 7.37. The van der Waals surface area contributed by atoms with Crippen molar-refractivity contribution in [1.29, 1.82) is 0 Å². The van der Waals surface area contributed by atoms with Crippen LogP contribution in [-0.2, 0) is 0 Å². The van der Waals surface area contributed by atoms with Crippen molar-refractivity contribution in [2.24, 2.45) is 0 Å². The Balaban J connectivity index is 2.84. The average molecular weight is 233 g/mol. The number of nitrogens with zero attached hydrogens (tertiary/aromatic N) is 1. The number of nitrogens with one attached hydrogen (secondary N) is 1. The highest BCUT2D eigenvalue weighted by molar-refractivity contribution is 6.34. The summed E-state index contributed by atoms with van der Waals surface area (Å²) in [6.07, 6.45) is 1.57. The van der Waals surface area contributed by atoms with Crippen LogP contribution in [0.3, 0.4) is 0 Å². The molecule has 0 saturated heterocycles. The zero-order chi connectivity index (χ0) is 10.6. The fourth-order valence-electron chi connectivity index (χ4n) is 0.874. The molecule has 2 N–H and O–H groups in total. The Morgan fingerprint density at radius 1 is 1.57 bits per heavy atom. The molecule has 0 saturated carbocycles. The highest BCUT2D eigenvalue weighted by atomic mass is 35.5. The molecule has 0 radical (unpaired) electrons. The SMILES string of the molecule is C=CC(CO)Nc1nc(Cl)ccc1Cl. The van der Waals surface area contributed by atoms with E-state index in [1.807, 2.05) is 0 Å². The Bertz CT molecular complexity index is 331. The van der Waals surface area contributed by atoms with Crippen molar-refractivity contribution in [3.63, 3.8) is 0 Å². The lowest BCUT2D eigenvalue weighted by atomic mass is 10.3. The molecule has 0 amide bonds. The second-order valence-electron chi connectivity index (χ2n) is 2.63. The summed E-state index contributed by atoms with van der Waals surface area (Å²) < 4.78 is 0. The van der Waals surface area contributed by atoms with E-state index >= 15 is 0 Å². The topological polar surface area (TPSA) is 45.1 Å². The van der Waals surface area contributed by atoms with E-state index in [0.717, 1.165) is 0 Å². The average Bonchev–Trinajstić information content (AvgIpc) is 2.19. The van der Waals surface area contributed by atoms with Crippen molar-refractivity contribution in [2.75, 3.05) is 11.9 Å². The largest absolute Gasteiger partial charge is 0.394 e. The third kappa shape index (κ3) is 2.87. The molecular formula is C9H10Cl2N2O. The lowest BCUT2D eigenvalue weighted by Gasteiger charge is -2.13. The molecule has 0 aromatic carbocycles. The van der Waals surface area contributed by atoms with E-state index in [1.54, 1.807) is 18.2 Å². The maximum Gasteiger partial charge on any atom is 0.147 e. The van der Waals surface area contributed by atoms with Crippen LogP contribution in [-0.4, -0.2) is 22.7 Å². The molecule has 1 unspecified atom stereocenters. The molecule has 1 aromatic heterocycles. The normalized spacial score (nSPS) is 12.2. The van der Waals surface area contributed by atoms with Crippen LogP contribution in [0.25, 0.3) is 0 Å². The highest BCUT2D eigenvalue weighted by Gasteiger charge is 2.07. The molecule has 0 aliphatic heterocycles. The lowest BCUT2D eigenvalue weighted by molar-refractivity contribution is 0.290. The van der Waals surface area contributed by atoms with Gasteiger partial charge in [0.15, 0.2) is 0 Å². The van der Waals surface area contributed by atoms with Crippen LogP contribution in [0.4, 0.5) is 5.82 Å². The van der Waals surface area contributed by atoms with Gasteiger partial charge in [-0.1, -0.05) is 29.3 Å². The number of halogens is 2. The molecule has 0 aliphatic rings. The van der Waals surface area contributed by atoms with Gasteiger partial charge in [-0.2, -0.15) is 0 Å². The number of hydrogen-bond donors (Lipinski definition) is 2. The molecule has 5 heteroatoms. The van der Waals surface area contributed by atoms with E-state index in [-0.39, 0.29) is 12.6 Å². The summed E-state index contributed by atoms with van der Waals surface area (Å²) in [4.78, 5) is 3.97. The minimum absolute atomic E-state index is 0.0754. The summed E-state index contributed by atoms with van der Waals surface area (Å²) in [5.41, 5.74) is 0. The minimum Gasteiger partial charge on any atom is -0.394 e. The number of hydrogen-bond acceptors (Lipinski definition) is 3. The molecule has 14 heavy (non-hydrogen) atoms. The zero-order valence-corrected chi connectivity index (χ0v) is 8.89. The van der Waals surface area contributed by atoms with E-state index in [1.165, 1.54) is 0 Å². The number of pyridine rings is 1. The minimum atomic E-state index is -0.279. The molecule has 0 spiro atoms. The first-order chi connectivity index (χ1) is 6.67. The number of aliphatic hydroxyl groups is 1. The summed E-state index contributed by atoms with van der Waals surface area (Å²) in [6, 6.07) is 2.95. The highest BCUT2D eigenvalue weighted by Crippen LogP contribution is 2.22. The molecule has 3 nitrogen and oxygen atoms in total. The van der Waals surface area contributed by atoms with Gasteiger partial charge in [-0.3, -0.25) is 0 Å². The standard InChI is InChI=1S/C9H10Cl2N2O/c1-2-6(5-14)12-9-7(10)3-4-8(11)13-9/h2-4,6,14H,1,5H2,(H,12,13). The maximum atomic E-state index is 8.91. The summed E-state index contributed by atoms with van der Waals surface area (Å²) in [5.74, 6) is 0.443. The van der Waals surface area contributed by atoms with Gasteiger partial charge in [0.1, 0.15) is 11.0 Å². The van der Waals surface area contributed by atoms with Gasteiger partial charge in [0.2, 0.25) is 0 Å². The van der Waals surface area contributed by atoms with Gasteiger partial charge in [-0.25, -0.2) is 4.98 Å². The van der Waals surface area contributed by atoms with E-state index in [4.69, 9.17) is 28.3 Å². The first-order valence-corrected chi connectivity index (χ1v) is 4.75. The third-order valence-corrected chi connectivity index (χ3v) is 2.13. The Labute approximate surface area is 92.4 Å². The van der Waals surface area contributed by atoms with Gasteiger partial charge in [0.05, 0.1) is 17.7 Å². The van der Waals surface area contributed by atoms with Crippen molar-refractivity contribution >= 4 is 29.0 Å². The summed E-state index contributed by atoms with van der Waals surface area (Å²) in [7, 11) is 0. The fraction of sp³-hybridized carbons (Fsp3) is 0.222. The van der Waals surface area contributed by atoms with Crippen LogP contribution in [0.15, 0.2) is 24.8 Å². The van der Waals surface area contributed by atoms with Gasteiger partial charge in [-0.15, -0.1) is 6.58 Å². The number of anilines is 1. The van der Waals surface area contributed by atoms with Gasteiger partial charge in [0, 0.05) is 0 Å². The number of aliphatic hydroxyl groups excluding tert-OH is 1. The first kappa shape index (κ1) is 11.3. The molecule has 0 fully saturated rings. The monoisotopic (exact) mass is 232 g/mol. The van der Waals surface area contributed by atoms with Gasteiger partial charge >= 0.3 is 0 Å². The first-order valence-electron chi connectivity index (χ1n) is 3.99. The van der Waals surface area contributed by atoms with Crippen LogP contribution in [0.1, 0.15) is 0 Å². The summed E-state index contributed by atoms with van der Waals surface area (Å²) >= 11 is 11.5. The molecule has 1 aromatic rings. The maximum absolute atomic E-state index is 8.91. The van der Waals surface area contributed by atoms with Crippen molar-refractivity contribution in [3.8, 4) is 0 Å². The predicted molar refractivity (Wildman–Crippen MR) is 59.0 cm³/mol. The smallest absolute Gasteiger partial charge is 0.147 e. The van der Waals surface area contributed by atoms with Gasteiger partial charge in [-0.05, 0) is 12.1 Å². The van der Waals surface area contributed by atoms with Crippen LogP contribution in [0.5, 0.6) is 0 Å². The van der Waals surface area contributed by atoms with E-state index in [0.29, 0.717) is 16.0 Å². The van der Waals surface area contributed by atoms with Crippen LogP contribution < -0.4 is 5.32 Å². The third-order valence-electron chi connectivity index (χ3n) is 1.62. The summed E-state index contributed by atoms with van der Waals surface area (Å²) in [5, 5.41) is 12.6. The molecule has 76 valence electrons. The summed E-state index contributed by atoms with van der Waals surface area (Å²) in [6.45, 7) is 3.48. The van der Waals surface area contributed by atoms with Crippen molar-refractivity contribution < 1.29 is 5.11 Å². The predicted octanol–water partition coefficient (Wildman–Crippen LogP) is 2.35. The quantitative estimate of drug-likeness (QED) is 0.619. The molecule has 1 atom stereocenters. The Morgan fingerprint density at radius 2 is 2.29 bits per heavy atom. The van der Waals surface area contributed by atoms with E-state index in [9.17, 15) is 0 Å². The van der Waals surface area contributed by atoms with Gasteiger partial charge in [0.25, 0.3) is 0 Å². The Hall–Kier alpha value is -0.770. The Morgan fingerprint density at radius 3 is 2.86 bits per heavy atom. The van der Waals surface area contributed by atoms with Crippen LogP contribution in [0.2, 0.25) is 10.2 Å². The molecular weight excluding hydrogens is 223 g/mol.